The van der Waals surface area contributed by atoms with Crippen LogP contribution in [0.25, 0.3) is 0 Å². The third kappa shape index (κ3) is 6.96. The predicted molar refractivity (Wildman–Crippen MR) is 146 cm³/mol. The van der Waals surface area contributed by atoms with Gasteiger partial charge < -0.3 is 16.0 Å². The number of thiophene rings is 1. The minimum Gasteiger partial charge on any atom is -0.376 e. The first-order chi connectivity index (χ1) is 17.3. The molecule has 0 aliphatic heterocycles. The SMILES string of the molecule is Cc1ncc(Cl)cc1N[C@@H](C)c1ccc(C(=O)N[C@@H](CC2CCCC2)C(=O)Nc2ccnc(Cl)c2)s1. The fraction of sp³-hybridized carbons (Fsp3) is 0.385. The fourth-order valence-corrected chi connectivity index (χ4v) is 5.66. The van der Waals surface area contributed by atoms with E-state index in [1.54, 1.807) is 24.4 Å². The molecule has 7 nitrogen and oxygen atoms in total. The van der Waals surface area contributed by atoms with Crippen molar-refractivity contribution < 1.29 is 9.59 Å². The lowest BCUT2D eigenvalue weighted by molar-refractivity contribution is -0.118. The van der Waals surface area contributed by atoms with Crippen molar-refractivity contribution in [2.24, 2.45) is 5.92 Å². The lowest BCUT2D eigenvalue weighted by atomic mass is 9.97. The maximum atomic E-state index is 13.2. The molecule has 0 saturated heterocycles. The number of rotatable bonds is 9. The van der Waals surface area contributed by atoms with E-state index in [1.165, 1.54) is 17.5 Å². The molecule has 10 heteroatoms. The molecule has 3 heterocycles. The van der Waals surface area contributed by atoms with Crippen molar-refractivity contribution in [2.45, 2.75) is 58.0 Å². The Kier molecular flexibility index (Phi) is 8.82. The van der Waals surface area contributed by atoms with E-state index in [1.807, 2.05) is 26.0 Å². The smallest absolute Gasteiger partial charge is 0.262 e. The molecule has 36 heavy (non-hydrogen) atoms. The topological polar surface area (TPSA) is 96.0 Å². The summed E-state index contributed by atoms with van der Waals surface area (Å²) in [4.78, 5) is 36.1. The number of nitrogens with zero attached hydrogens (tertiary/aromatic N) is 2. The Balaban J connectivity index is 1.44. The van der Waals surface area contributed by atoms with Crippen LogP contribution in [0.5, 0.6) is 0 Å². The Hall–Kier alpha value is -2.68. The quantitative estimate of drug-likeness (QED) is 0.262. The van der Waals surface area contributed by atoms with Crippen LogP contribution in [0.15, 0.2) is 42.7 Å². The molecular weight excluding hydrogens is 517 g/mol. The van der Waals surface area contributed by atoms with E-state index in [-0.39, 0.29) is 17.9 Å². The van der Waals surface area contributed by atoms with Crippen molar-refractivity contribution >= 4 is 57.7 Å². The van der Waals surface area contributed by atoms with Gasteiger partial charge in [-0.05, 0) is 56.5 Å². The Morgan fingerprint density at radius 3 is 2.67 bits per heavy atom. The van der Waals surface area contributed by atoms with E-state index in [0.29, 0.717) is 33.1 Å². The molecule has 1 aliphatic rings. The van der Waals surface area contributed by atoms with Crippen LogP contribution < -0.4 is 16.0 Å². The molecule has 1 aliphatic carbocycles. The van der Waals surface area contributed by atoms with E-state index < -0.39 is 6.04 Å². The Bertz CT molecular complexity index is 1230. The van der Waals surface area contributed by atoms with Crippen LogP contribution in [0, 0.1) is 12.8 Å². The Morgan fingerprint density at radius 2 is 1.92 bits per heavy atom. The highest BCUT2D eigenvalue weighted by atomic mass is 35.5. The fourth-order valence-electron chi connectivity index (χ4n) is 4.42. The standard InChI is InChI=1S/C26H29Cl2N5O2S/c1-15-20(12-18(27)14-30-15)31-16(2)22-7-8-23(36-22)26(35)33-21(11-17-5-3-4-6-17)25(34)32-19-9-10-29-24(28)13-19/h7-10,12-14,16-17,21,31H,3-6,11H2,1-2H3,(H,33,35)(H,29,32,34)/t16-,21-/m0/s1. The number of pyridine rings is 2. The third-order valence-corrected chi connectivity index (χ3v) is 8.04. The van der Waals surface area contributed by atoms with Crippen molar-refractivity contribution in [3.05, 3.63) is 68.3 Å². The molecule has 0 radical (unpaired) electrons. The van der Waals surface area contributed by atoms with Gasteiger partial charge in [0, 0.05) is 23.0 Å². The highest BCUT2D eigenvalue weighted by Gasteiger charge is 2.28. The van der Waals surface area contributed by atoms with Gasteiger partial charge in [0.2, 0.25) is 5.91 Å². The van der Waals surface area contributed by atoms with Gasteiger partial charge >= 0.3 is 0 Å². The Morgan fingerprint density at radius 1 is 1.14 bits per heavy atom. The lowest BCUT2D eigenvalue weighted by Crippen LogP contribution is -2.44. The summed E-state index contributed by atoms with van der Waals surface area (Å²) in [5.41, 5.74) is 2.24. The second-order valence-electron chi connectivity index (χ2n) is 9.12. The van der Waals surface area contributed by atoms with Gasteiger partial charge in [0.25, 0.3) is 5.91 Å². The van der Waals surface area contributed by atoms with Crippen LogP contribution in [0.4, 0.5) is 11.4 Å². The number of halogens is 2. The van der Waals surface area contributed by atoms with E-state index in [0.717, 1.165) is 41.9 Å². The average molecular weight is 547 g/mol. The molecule has 4 rings (SSSR count). The number of aryl methyl sites for hydroxylation is 1. The molecule has 3 aromatic heterocycles. The van der Waals surface area contributed by atoms with E-state index in [2.05, 4.69) is 25.9 Å². The summed E-state index contributed by atoms with van der Waals surface area (Å²) in [5, 5.41) is 10.1. The predicted octanol–water partition coefficient (Wildman–Crippen LogP) is 6.64. The van der Waals surface area contributed by atoms with Crippen LogP contribution in [0.3, 0.4) is 0 Å². The monoisotopic (exact) mass is 545 g/mol. The normalized spacial score (nSPS) is 15.3. The zero-order valence-corrected chi connectivity index (χ0v) is 22.5. The molecule has 3 aromatic rings. The molecule has 0 spiro atoms. The van der Waals surface area contributed by atoms with Gasteiger partial charge in [-0.25, -0.2) is 4.98 Å². The maximum absolute atomic E-state index is 13.2. The summed E-state index contributed by atoms with van der Waals surface area (Å²) >= 11 is 13.4. The van der Waals surface area contributed by atoms with Gasteiger partial charge in [0.05, 0.1) is 27.3 Å². The summed E-state index contributed by atoms with van der Waals surface area (Å²) in [6, 6.07) is 8.13. The van der Waals surface area contributed by atoms with Gasteiger partial charge in [0.15, 0.2) is 0 Å². The van der Waals surface area contributed by atoms with Crippen LogP contribution in [0.1, 0.15) is 65.3 Å². The van der Waals surface area contributed by atoms with Gasteiger partial charge in [0.1, 0.15) is 11.2 Å². The zero-order chi connectivity index (χ0) is 25.7. The number of nitrogens with one attached hydrogen (secondary N) is 3. The number of carbonyl (C=O) groups is 2. The van der Waals surface area contributed by atoms with Gasteiger partial charge in [-0.15, -0.1) is 11.3 Å². The van der Waals surface area contributed by atoms with E-state index in [9.17, 15) is 9.59 Å². The number of anilines is 2. The summed E-state index contributed by atoms with van der Waals surface area (Å²) in [6.07, 6.45) is 8.22. The largest absolute Gasteiger partial charge is 0.376 e. The Labute approximate surface area is 225 Å². The molecule has 2 atom stereocenters. The second-order valence-corrected chi connectivity index (χ2v) is 11.1. The van der Waals surface area contributed by atoms with Crippen molar-refractivity contribution in [3.63, 3.8) is 0 Å². The average Bonchev–Trinajstić information content (AvgIpc) is 3.53. The molecule has 2 amide bonds. The summed E-state index contributed by atoms with van der Waals surface area (Å²) in [6.45, 7) is 3.93. The van der Waals surface area contributed by atoms with E-state index >= 15 is 0 Å². The molecule has 1 fully saturated rings. The highest BCUT2D eigenvalue weighted by molar-refractivity contribution is 7.14. The van der Waals surface area contributed by atoms with Crippen LogP contribution in [-0.4, -0.2) is 27.8 Å². The van der Waals surface area contributed by atoms with Crippen molar-refractivity contribution in [3.8, 4) is 0 Å². The van der Waals surface area contributed by atoms with Gasteiger partial charge in [-0.1, -0.05) is 48.9 Å². The van der Waals surface area contributed by atoms with Gasteiger partial charge in [-0.3, -0.25) is 14.6 Å². The first-order valence-electron chi connectivity index (χ1n) is 12.0. The number of hydrogen-bond acceptors (Lipinski definition) is 6. The van der Waals surface area contributed by atoms with Crippen molar-refractivity contribution in [1.82, 2.24) is 15.3 Å². The molecular formula is C26H29Cl2N5O2S. The summed E-state index contributed by atoms with van der Waals surface area (Å²) in [7, 11) is 0. The first-order valence-corrected chi connectivity index (χ1v) is 13.6. The molecule has 1 saturated carbocycles. The summed E-state index contributed by atoms with van der Waals surface area (Å²) in [5.74, 6) is -0.0991. The third-order valence-electron chi connectivity index (χ3n) is 6.36. The number of amides is 2. The highest BCUT2D eigenvalue weighted by Crippen LogP contribution is 2.30. The number of carbonyl (C=O) groups excluding carboxylic acids is 2. The number of aromatic nitrogens is 2. The van der Waals surface area contributed by atoms with Crippen LogP contribution in [-0.2, 0) is 4.79 Å². The minimum atomic E-state index is -0.645. The molecule has 0 bridgehead atoms. The first kappa shape index (κ1) is 26.4. The molecule has 0 unspecified atom stereocenters. The molecule has 0 aromatic carbocycles. The van der Waals surface area contributed by atoms with Crippen molar-refractivity contribution in [2.75, 3.05) is 10.6 Å². The van der Waals surface area contributed by atoms with Crippen LogP contribution in [0.2, 0.25) is 10.2 Å². The summed E-state index contributed by atoms with van der Waals surface area (Å²) < 4.78 is 0. The number of hydrogen-bond donors (Lipinski definition) is 3. The van der Waals surface area contributed by atoms with Crippen LogP contribution >= 0.6 is 34.5 Å². The molecule has 190 valence electrons. The second kappa shape index (κ2) is 12.0. The molecule has 3 N–H and O–H groups in total. The lowest BCUT2D eigenvalue weighted by Gasteiger charge is -2.21. The van der Waals surface area contributed by atoms with Crippen molar-refractivity contribution in [1.29, 1.82) is 0 Å². The van der Waals surface area contributed by atoms with E-state index in [4.69, 9.17) is 23.2 Å². The van der Waals surface area contributed by atoms with Gasteiger partial charge in [-0.2, -0.15) is 0 Å². The minimum absolute atomic E-state index is 0.0514. The zero-order valence-electron chi connectivity index (χ0n) is 20.2. The maximum Gasteiger partial charge on any atom is 0.262 e.